The molecule has 1 aromatic heterocycles. The summed E-state index contributed by atoms with van der Waals surface area (Å²) in [6, 6.07) is 6.85. The van der Waals surface area contributed by atoms with Crippen molar-refractivity contribution in [3.8, 4) is 5.69 Å². The number of tetrazole rings is 1. The highest BCUT2D eigenvalue weighted by Crippen LogP contribution is 2.34. The molecule has 0 spiro atoms. The van der Waals surface area contributed by atoms with Gasteiger partial charge >= 0.3 is 0 Å². The summed E-state index contributed by atoms with van der Waals surface area (Å²) in [5, 5.41) is 14.9. The summed E-state index contributed by atoms with van der Waals surface area (Å²) in [5.74, 6) is 0.836. The van der Waals surface area contributed by atoms with Crippen LogP contribution in [0.5, 0.6) is 0 Å². The predicted octanol–water partition coefficient (Wildman–Crippen LogP) is 2.18. The Morgan fingerprint density at radius 3 is 2.89 bits per heavy atom. The minimum Gasteiger partial charge on any atom is -0.382 e. The van der Waals surface area contributed by atoms with Crippen molar-refractivity contribution in [2.24, 2.45) is 5.92 Å². The molecular formula is C13H17N5. The topological polar surface area (TPSA) is 55.6 Å². The molecule has 1 aliphatic carbocycles. The number of rotatable bonds is 4. The summed E-state index contributed by atoms with van der Waals surface area (Å²) in [6.07, 6.45) is 4.32. The smallest absolute Gasteiger partial charge is 0.143 e. The van der Waals surface area contributed by atoms with Gasteiger partial charge in [0.1, 0.15) is 6.33 Å². The van der Waals surface area contributed by atoms with Crippen LogP contribution in [0.1, 0.15) is 25.3 Å². The molecule has 0 saturated heterocycles. The fourth-order valence-corrected chi connectivity index (χ4v) is 2.19. The zero-order valence-corrected chi connectivity index (χ0v) is 10.7. The van der Waals surface area contributed by atoms with Crippen molar-refractivity contribution >= 4 is 5.69 Å². The van der Waals surface area contributed by atoms with E-state index in [1.54, 1.807) is 11.0 Å². The molecule has 5 nitrogen and oxygen atoms in total. The fourth-order valence-electron chi connectivity index (χ4n) is 2.19. The van der Waals surface area contributed by atoms with E-state index in [-0.39, 0.29) is 0 Å². The van der Waals surface area contributed by atoms with Gasteiger partial charge in [-0.3, -0.25) is 0 Å². The van der Waals surface area contributed by atoms with Crippen molar-refractivity contribution in [1.82, 2.24) is 20.2 Å². The average molecular weight is 243 g/mol. The molecule has 1 unspecified atom stereocenters. The zero-order valence-electron chi connectivity index (χ0n) is 10.7. The lowest BCUT2D eigenvalue weighted by molar-refractivity contribution is 0.694. The average Bonchev–Trinajstić information content (AvgIpc) is 3.08. The molecule has 3 rings (SSSR count). The molecular weight excluding hydrogens is 226 g/mol. The van der Waals surface area contributed by atoms with Gasteiger partial charge in [-0.05, 0) is 60.7 Å². The number of aryl methyl sites for hydroxylation is 1. The van der Waals surface area contributed by atoms with Crippen molar-refractivity contribution in [2.45, 2.75) is 32.7 Å². The lowest BCUT2D eigenvalue weighted by Gasteiger charge is -2.15. The van der Waals surface area contributed by atoms with E-state index in [9.17, 15) is 0 Å². The van der Waals surface area contributed by atoms with Crippen LogP contribution >= 0.6 is 0 Å². The number of nitrogens with zero attached hydrogens (tertiary/aromatic N) is 4. The second-order valence-corrected chi connectivity index (χ2v) is 5.03. The highest BCUT2D eigenvalue weighted by atomic mass is 15.5. The Kier molecular flexibility index (Phi) is 2.74. The number of benzene rings is 1. The Balaban J connectivity index is 1.85. The van der Waals surface area contributed by atoms with E-state index in [1.807, 2.05) is 0 Å². The van der Waals surface area contributed by atoms with E-state index in [1.165, 1.54) is 12.8 Å². The molecule has 1 aromatic carbocycles. The molecule has 1 heterocycles. The number of hydrogen-bond acceptors (Lipinski definition) is 4. The van der Waals surface area contributed by atoms with Crippen molar-refractivity contribution in [3.63, 3.8) is 0 Å². The van der Waals surface area contributed by atoms with E-state index in [0.29, 0.717) is 6.04 Å². The van der Waals surface area contributed by atoms with Crippen LogP contribution in [0.25, 0.3) is 5.69 Å². The number of aromatic nitrogens is 4. The molecule has 1 atom stereocenters. The Hall–Kier alpha value is -1.91. The van der Waals surface area contributed by atoms with Gasteiger partial charge in [0.15, 0.2) is 0 Å². The van der Waals surface area contributed by atoms with Crippen LogP contribution in [0.4, 0.5) is 5.69 Å². The minimum atomic E-state index is 0.537. The summed E-state index contributed by atoms with van der Waals surface area (Å²) in [4.78, 5) is 0. The molecule has 18 heavy (non-hydrogen) atoms. The summed E-state index contributed by atoms with van der Waals surface area (Å²) in [6.45, 7) is 4.30. The number of nitrogens with one attached hydrogen (secondary N) is 1. The van der Waals surface area contributed by atoms with Gasteiger partial charge in [-0.1, -0.05) is 6.07 Å². The SMILES string of the molecule is Cc1ccc(NC(C)C2CC2)cc1-n1cnnn1. The van der Waals surface area contributed by atoms with Gasteiger partial charge in [0.2, 0.25) is 0 Å². The normalized spacial score (nSPS) is 16.6. The van der Waals surface area contributed by atoms with Gasteiger partial charge in [-0.15, -0.1) is 5.10 Å². The van der Waals surface area contributed by atoms with Crippen LogP contribution in [0, 0.1) is 12.8 Å². The second kappa shape index (κ2) is 4.40. The van der Waals surface area contributed by atoms with Crippen molar-refractivity contribution in [1.29, 1.82) is 0 Å². The predicted molar refractivity (Wildman–Crippen MR) is 69.7 cm³/mol. The van der Waals surface area contributed by atoms with Crippen LogP contribution in [0.15, 0.2) is 24.5 Å². The molecule has 2 aromatic rings. The standard InChI is InChI=1S/C13H17N5/c1-9-3-6-12(15-10(2)11-4-5-11)7-13(9)18-8-14-16-17-18/h3,6-8,10-11,15H,4-5H2,1-2H3. The van der Waals surface area contributed by atoms with Crippen LogP contribution in [0.2, 0.25) is 0 Å². The van der Waals surface area contributed by atoms with Crippen molar-refractivity contribution in [2.75, 3.05) is 5.32 Å². The van der Waals surface area contributed by atoms with Crippen LogP contribution in [-0.4, -0.2) is 26.2 Å². The van der Waals surface area contributed by atoms with E-state index in [4.69, 9.17) is 0 Å². The molecule has 1 aliphatic rings. The molecule has 1 fully saturated rings. The highest BCUT2D eigenvalue weighted by molar-refractivity contribution is 5.55. The first-order chi connectivity index (χ1) is 8.74. The summed E-state index contributed by atoms with van der Waals surface area (Å²) in [5.41, 5.74) is 3.31. The van der Waals surface area contributed by atoms with E-state index in [2.05, 4.69) is 52.9 Å². The highest BCUT2D eigenvalue weighted by Gasteiger charge is 2.27. The summed E-state index contributed by atoms with van der Waals surface area (Å²) < 4.78 is 1.70. The third kappa shape index (κ3) is 2.20. The molecule has 0 aliphatic heterocycles. The van der Waals surface area contributed by atoms with Crippen LogP contribution in [-0.2, 0) is 0 Å². The quantitative estimate of drug-likeness (QED) is 0.894. The second-order valence-electron chi connectivity index (χ2n) is 5.03. The summed E-state index contributed by atoms with van der Waals surface area (Å²) in [7, 11) is 0. The number of anilines is 1. The third-order valence-corrected chi connectivity index (χ3v) is 3.53. The minimum absolute atomic E-state index is 0.537. The third-order valence-electron chi connectivity index (χ3n) is 3.53. The lowest BCUT2D eigenvalue weighted by atomic mass is 10.1. The Morgan fingerprint density at radius 2 is 2.22 bits per heavy atom. The van der Waals surface area contributed by atoms with E-state index < -0.39 is 0 Å². The Bertz CT molecular complexity index is 530. The van der Waals surface area contributed by atoms with Gasteiger partial charge in [-0.2, -0.15) is 0 Å². The van der Waals surface area contributed by atoms with Crippen molar-refractivity contribution < 1.29 is 0 Å². The number of hydrogen-bond donors (Lipinski definition) is 1. The lowest BCUT2D eigenvalue weighted by Crippen LogP contribution is -2.17. The molecule has 5 heteroatoms. The summed E-state index contributed by atoms with van der Waals surface area (Å²) >= 11 is 0. The maximum atomic E-state index is 3.94. The molecule has 0 radical (unpaired) electrons. The Labute approximate surface area is 106 Å². The van der Waals surface area contributed by atoms with Gasteiger partial charge < -0.3 is 5.32 Å². The molecule has 94 valence electrons. The first-order valence-corrected chi connectivity index (χ1v) is 6.34. The largest absolute Gasteiger partial charge is 0.382 e. The first-order valence-electron chi connectivity index (χ1n) is 6.34. The van der Waals surface area contributed by atoms with E-state index in [0.717, 1.165) is 22.9 Å². The van der Waals surface area contributed by atoms with Gasteiger partial charge in [0.05, 0.1) is 5.69 Å². The molecule has 0 amide bonds. The first kappa shape index (κ1) is 11.2. The monoisotopic (exact) mass is 243 g/mol. The van der Waals surface area contributed by atoms with Crippen LogP contribution < -0.4 is 5.32 Å². The molecule has 1 N–H and O–H groups in total. The van der Waals surface area contributed by atoms with Gasteiger partial charge in [0.25, 0.3) is 0 Å². The molecule has 1 saturated carbocycles. The molecule has 0 bridgehead atoms. The van der Waals surface area contributed by atoms with Gasteiger partial charge in [0, 0.05) is 11.7 Å². The zero-order chi connectivity index (χ0) is 12.5. The van der Waals surface area contributed by atoms with Crippen LogP contribution in [0.3, 0.4) is 0 Å². The van der Waals surface area contributed by atoms with Crippen molar-refractivity contribution in [3.05, 3.63) is 30.1 Å². The Morgan fingerprint density at radius 1 is 1.39 bits per heavy atom. The maximum Gasteiger partial charge on any atom is 0.143 e. The maximum absolute atomic E-state index is 3.94. The van der Waals surface area contributed by atoms with Gasteiger partial charge in [-0.25, -0.2) is 4.68 Å². The van der Waals surface area contributed by atoms with E-state index >= 15 is 0 Å². The fraction of sp³-hybridized carbons (Fsp3) is 0.462.